The fourth-order valence-electron chi connectivity index (χ4n) is 4.49. The molecule has 1 N–H and O–H groups in total. The van der Waals surface area contributed by atoms with Crippen LogP contribution in [0.5, 0.6) is 0 Å². The minimum atomic E-state index is 0.664. The fourth-order valence-corrected chi connectivity index (χ4v) is 5.16. The van der Waals surface area contributed by atoms with Crippen molar-refractivity contribution in [1.82, 2.24) is 25.1 Å². The Hall–Kier alpha value is -4.60. The molecule has 0 fully saturated rings. The summed E-state index contributed by atoms with van der Waals surface area (Å²) in [7, 11) is 0. The monoisotopic (exact) mass is 467 g/mol. The third-order valence-corrected chi connectivity index (χ3v) is 7.08. The molecule has 0 unspecified atom stereocenters. The second-order valence-electron chi connectivity index (χ2n) is 8.36. The third kappa shape index (κ3) is 3.41. The van der Waals surface area contributed by atoms with Crippen molar-refractivity contribution in [1.29, 1.82) is 0 Å². The highest BCUT2D eigenvalue weighted by Crippen LogP contribution is 2.33. The average Bonchev–Trinajstić information content (AvgIpc) is 3.54. The van der Waals surface area contributed by atoms with Crippen LogP contribution in [0, 0.1) is 11.8 Å². The Kier molecular flexibility index (Phi) is 4.54. The Bertz CT molecular complexity index is 1880. The van der Waals surface area contributed by atoms with Crippen LogP contribution in [0.1, 0.15) is 17.1 Å². The fraction of sp³-hybridized carbons (Fsp3) is 0.0345. The van der Waals surface area contributed by atoms with E-state index in [2.05, 4.69) is 79.5 Å². The van der Waals surface area contributed by atoms with Crippen molar-refractivity contribution in [3.63, 3.8) is 0 Å². The standard InChI is InChI=1S/C29H17N5S/c1-2-7-24-21(4-1)14-22(16-31-24)20-10-11-25-23(15-20)27-26(17-32-25)33-34-28(27)18-5-3-6-19(9-8-18)29-30-12-13-35-29/h1-2,4,7-17H,6H2,(H,33,34). The topological polar surface area (TPSA) is 67.3 Å². The Morgan fingerprint density at radius 3 is 2.77 bits per heavy atom. The molecule has 0 bridgehead atoms. The molecule has 0 saturated carbocycles. The van der Waals surface area contributed by atoms with Crippen molar-refractivity contribution in [3.05, 3.63) is 95.4 Å². The number of aromatic nitrogens is 5. The Balaban J connectivity index is 1.39. The van der Waals surface area contributed by atoms with Crippen molar-refractivity contribution in [2.75, 3.05) is 0 Å². The van der Waals surface area contributed by atoms with Crippen LogP contribution in [0.3, 0.4) is 0 Å². The molecular weight excluding hydrogens is 450 g/mol. The quantitative estimate of drug-likeness (QED) is 0.296. The van der Waals surface area contributed by atoms with Crippen molar-refractivity contribution >= 4 is 55.2 Å². The van der Waals surface area contributed by atoms with Gasteiger partial charge in [-0.25, -0.2) is 4.98 Å². The number of aromatic amines is 1. The minimum Gasteiger partial charge on any atom is -0.276 e. The second-order valence-corrected chi connectivity index (χ2v) is 9.25. The summed E-state index contributed by atoms with van der Waals surface area (Å²) in [6.45, 7) is 0. The van der Waals surface area contributed by atoms with Gasteiger partial charge in [0, 0.05) is 45.9 Å². The van der Waals surface area contributed by atoms with E-state index in [1.165, 1.54) is 0 Å². The first-order chi connectivity index (χ1) is 17.3. The van der Waals surface area contributed by atoms with Crippen LogP contribution in [-0.4, -0.2) is 25.1 Å². The number of rotatable bonds is 3. The molecule has 7 rings (SSSR count). The summed E-state index contributed by atoms with van der Waals surface area (Å²) in [5.74, 6) is 6.62. The van der Waals surface area contributed by atoms with E-state index in [0.29, 0.717) is 6.42 Å². The molecule has 35 heavy (non-hydrogen) atoms. The number of para-hydroxylation sites is 1. The summed E-state index contributed by atoms with van der Waals surface area (Å²) in [6, 6.07) is 16.7. The predicted molar refractivity (Wildman–Crippen MR) is 143 cm³/mol. The normalized spacial score (nSPS) is 13.4. The first kappa shape index (κ1) is 19.8. The summed E-state index contributed by atoms with van der Waals surface area (Å²) in [4.78, 5) is 13.7. The van der Waals surface area contributed by atoms with E-state index in [1.54, 1.807) is 11.3 Å². The lowest BCUT2D eigenvalue weighted by molar-refractivity contribution is 1.10. The molecule has 0 saturated heterocycles. The van der Waals surface area contributed by atoms with Gasteiger partial charge in [0.1, 0.15) is 10.7 Å². The molecule has 6 aromatic rings. The number of thiazole rings is 1. The van der Waals surface area contributed by atoms with Crippen molar-refractivity contribution in [2.24, 2.45) is 0 Å². The zero-order valence-corrected chi connectivity index (χ0v) is 19.3. The molecule has 1 aliphatic rings. The van der Waals surface area contributed by atoms with Gasteiger partial charge >= 0.3 is 0 Å². The average molecular weight is 468 g/mol. The third-order valence-electron chi connectivity index (χ3n) is 6.23. The second kappa shape index (κ2) is 8.01. The maximum Gasteiger partial charge on any atom is 0.120 e. The van der Waals surface area contributed by atoms with Gasteiger partial charge in [-0.1, -0.05) is 42.2 Å². The van der Waals surface area contributed by atoms with Crippen LogP contribution >= 0.6 is 11.3 Å². The molecule has 0 amide bonds. The van der Waals surface area contributed by atoms with Gasteiger partial charge in [0.15, 0.2) is 0 Å². The van der Waals surface area contributed by atoms with Gasteiger partial charge in [0.2, 0.25) is 0 Å². The van der Waals surface area contributed by atoms with Gasteiger partial charge in [0.25, 0.3) is 0 Å². The summed E-state index contributed by atoms with van der Waals surface area (Å²) in [6.07, 6.45) is 10.4. The highest BCUT2D eigenvalue weighted by molar-refractivity contribution is 7.10. The first-order valence-electron chi connectivity index (χ1n) is 11.3. The molecule has 4 aromatic heterocycles. The number of H-pyrrole nitrogens is 1. The number of benzene rings is 2. The number of hydrogen-bond donors (Lipinski definition) is 1. The van der Waals surface area contributed by atoms with Crippen LogP contribution in [0.25, 0.3) is 55.0 Å². The lowest BCUT2D eigenvalue weighted by Gasteiger charge is -2.07. The highest BCUT2D eigenvalue weighted by Gasteiger charge is 2.15. The van der Waals surface area contributed by atoms with E-state index in [1.807, 2.05) is 42.2 Å². The van der Waals surface area contributed by atoms with Crippen LogP contribution < -0.4 is 0 Å². The number of nitrogens with zero attached hydrogens (tertiary/aromatic N) is 4. The van der Waals surface area contributed by atoms with Crippen molar-refractivity contribution < 1.29 is 0 Å². The predicted octanol–water partition coefficient (Wildman–Crippen LogP) is 6.66. The largest absolute Gasteiger partial charge is 0.276 e. The van der Waals surface area contributed by atoms with Crippen molar-refractivity contribution in [3.8, 4) is 23.0 Å². The zero-order valence-electron chi connectivity index (χ0n) is 18.5. The molecule has 0 radical (unpaired) electrons. The van der Waals surface area contributed by atoms with E-state index >= 15 is 0 Å². The number of fused-ring (bicyclic) bond motifs is 4. The van der Waals surface area contributed by atoms with Crippen LogP contribution in [0.2, 0.25) is 0 Å². The highest BCUT2D eigenvalue weighted by atomic mass is 32.1. The summed E-state index contributed by atoms with van der Waals surface area (Å²) in [5, 5.41) is 14.0. The number of nitrogens with one attached hydrogen (secondary N) is 1. The smallest absolute Gasteiger partial charge is 0.120 e. The van der Waals surface area contributed by atoms with Gasteiger partial charge in [-0.05, 0) is 41.5 Å². The van der Waals surface area contributed by atoms with E-state index < -0.39 is 0 Å². The molecule has 1 aliphatic carbocycles. The molecule has 4 heterocycles. The Morgan fingerprint density at radius 2 is 1.83 bits per heavy atom. The molecule has 5 nitrogen and oxygen atoms in total. The van der Waals surface area contributed by atoms with Gasteiger partial charge in [-0.2, -0.15) is 5.10 Å². The van der Waals surface area contributed by atoms with E-state index in [4.69, 9.17) is 0 Å². The summed E-state index contributed by atoms with van der Waals surface area (Å²) >= 11 is 1.63. The molecule has 6 heteroatoms. The van der Waals surface area contributed by atoms with Crippen LogP contribution in [0.15, 0.2) is 84.7 Å². The van der Waals surface area contributed by atoms with Gasteiger partial charge in [-0.15, -0.1) is 11.3 Å². The Morgan fingerprint density at radius 1 is 0.886 bits per heavy atom. The minimum absolute atomic E-state index is 0.664. The molecule has 0 atom stereocenters. The van der Waals surface area contributed by atoms with E-state index in [9.17, 15) is 0 Å². The van der Waals surface area contributed by atoms with Gasteiger partial charge < -0.3 is 0 Å². The summed E-state index contributed by atoms with van der Waals surface area (Å²) in [5.41, 5.74) is 7.79. The van der Waals surface area contributed by atoms with Crippen LogP contribution in [-0.2, 0) is 0 Å². The SMILES string of the molecule is C1#CC(c2n[nH]c3cnc4ccc(-c5cnc6ccccc6c5)cc4c23)=CC=C(c2nccs2)C1. The van der Waals surface area contributed by atoms with Gasteiger partial charge in [0.05, 0.1) is 28.3 Å². The lowest BCUT2D eigenvalue weighted by Crippen LogP contribution is -1.87. The maximum absolute atomic E-state index is 4.66. The zero-order chi connectivity index (χ0) is 23.2. The van der Waals surface area contributed by atoms with E-state index in [0.717, 1.165) is 65.7 Å². The molecule has 2 aromatic carbocycles. The molecule has 0 spiro atoms. The molecular formula is C29H17N5S. The number of hydrogen-bond acceptors (Lipinski definition) is 5. The molecule has 164 valence electrons. The van der Waals surface area contributed by atoms with Gasteiger partial charge in [-0.3, -0.25) is 15.1 Å². The van der Waals surface area contributed by atoms with Crippen LogP contribution in [0.4, 0.5) is 0 Å². The lowest BCUT2D eigenvalue weighted by atomic mass is 9.99. The number of allylic oxidation sites excluding steroid dienone is 4. The van der Waals surface area contributed by atoms with E-state index in [-0.39, 0.29) is 0 Å². The maximum atomic E-state index is 4.66. The van der Waals surface area contributed by atoms with Crippen molar-refractivity contribution in [2.45, 2.75) is 6.42 Å². The first-order valence-corrected chi connectivity index (χ1v) is 12.1. The number of pyridine rings is 2. The Labute approximate surface area is 204 Å². The molecule has 0 aliphatic heterocycles. The summed E-state index contributed by atoms with van der Waals surface area (Å²) < 4.78 is 0.